The van der Waals surface area contributed by atoms with Gasteiger partial charge < -0.3 is 44.4 Å². The Kier molecular flexibility index (Phi) is 17.3. The Morgan fingerprint density at radius 1 is 0.400 bits per heavy atom. The minimum absolute atomic E-state index is 0.00895. The minimum atomic E-state index is -0.0290. The van der Waals surface area contributed by atoms with Crippen LogP contribution in [-0.4, -0.2) is 146 Å². The maximum Gasteiger partial charge on any atom is 0.266 e. The highest BCUT2D eigenvalue weighted by atomic mass is 16.2. The zero-order valence-electron chi connectivity index (χ0n) is 61.4. The van der Waals surface area contributed by atoms with Crippen LogP contribution < -0.4 is 30.7 Å². The molecule has 12 aromatic rings. The van der Waals surface area contributed by atoms with Crippen molar-refractivity contribution in [2.45, 2.75) is 114 Å². The van der Waals surface area contributed by atoms with E-state index in [4.69, 9.17) is 15.0 Å². The second kappa shape index (κ2) is 28.2. The fourth-order valence-electron chi connectivity index (χ4n) is 17.5. The van der Waals surface area contributed by atoms with Gasteiger partial charge in [-0.25, -0.2) is 24.6 Å². The summed E-state index contributed by atoms with van der Waals surface area (Å²) < 4.78 is 8.24. The molecule has 6 aliphatic heterocycles. The normalized spacial score (nSPS) is 20.0. The SMILES string of the molecule is CN1C(=O)c2c(cn(Cc3ccc(-c4ccncc4)cc3)c2Nc2ccccc2)N2C1=N[C@@H]1CCC[C@@H]12.CN1C(=O)c2c(cn(Cc3ccc(-n4cncn4)cc3)c2Nc2ccccc2)N2C1=N[C@@H]1CCC[C@@H]12.CN1C(=O)c2cn(Cc3ccc(-c4ccccn4)cc3)c(Nc3ccccc3)c2N2C1=N[C@@H]1CCC[C@@H]12. The standard InChI is InChI=1S/2C30H28N6O.C27H26N8O/c1-34-29(37)23-19-35(18-20-13-15-21(16-14-20)24-10-5-6-17-31-24)28(32-22-8-3-2-4-9-22)27(23)36-26-12-7-11-25(26)33-30(34)36;1-34-29(37)27-26(36-25-9-5-8-24(25)33-30(34)36)19-35(28(27)32-23-6-3-2-4-7-23)18-20-10-12-21(13-11-20)22-14-16-31-17-15-22;1-32-26(36)24-23(35-22-9-5-8-21(22)31-27(32)35)15-33(25(24)30-19-6-3-2-4-7-19)14-18-10-12-20(13-11-18)34-17-28-16-29-34/h2-6,8-10,13-17,19,25-26,32H,7,11-12,18H2,1H3;2-4,6-7,10-17,19,24-25,32H,5,8-9,18H2,1H3;2-4,6-7,10-13,15-17,21-22,30H,5,8-9,14H2,1H3/t25-,26+;24-,25+;21-,22+/m111/s1. The Balaban J connectivity index is 0.000000112. The van der Waals surface area contributed by atoms with Gasteiger partial charge in [0, 0.05) is 101 Å². The summed E-state index contributed by atoms with van der Waals surface area (Å²) in [6, 6.07) is 67.3. The molecule has 3 fully saturated rings. The van der Waals surface area contributed by atoms with Crippen LogP contribution in [0.2, 0.25) is 0 Å². The number of rotatable bonds is 15. The van der Waals surface area contributed by atoms with Crippen LogP contribution in [0.25, 0.3) is 28.1 Å². The molecule has 0 bridgehead atoms. The molecule has 23 nitrogen and oxygen atoms in total. The number of carbonyl (C=O) groups excluding carboxylic acids is 3. The van der Waals surface area contributed by atoms with E-state index in [9.17, 15) is 14.4 Å². The summed E-state index contributed by atoms with van der Waals surface area (Å²) in [7, 11) is 5.53. The second-order valence-electron chi connectivity index (χ2n) is 29.6. The summed E-state index contributed by atoms with van der Waals surface area (Å²) in [5.74, 6) is 4.84. The average molecular weight is 1460 g/mol. The number of pyridine rings is 2. The van der Waals surface area contributed by atoms with Crippen LogP contribution in [-0.2, 0) is 19.6 Å². The Hall–Kier alpha value is -13.2. The van der Waals surface area contributed by atoms with Crippen LogP contribution in [0, 0.1) is 0 Å². The third kappa shape index (κ3) is 12.2. The first kappa shape index (κ1) is 67.4. The van der Waals surface area contributed by atoms with Crippen LogP contribution in [0.5, 0.6) is 0 Å². The molecule has 548 valence electrons. The summed E-state index contributed by atoms with van der Waals surface area (Å²) >= 11 is 0. The minimum Gasteiger partial charge on any atom is -0.341 e. The smallest absolute Gasteiger partial charge is 0.266 e. The van der Waals surface area contributed by atoms with E-state index in [1.54, 1.807) is 25.7 Å². The number of amides is 3. The van der Waals surface area contributed by atoms with Crippen LogP contribution in [0.15, 0.2) is 259 Å². The molecule has 3 N–H and O–H groups in total. The molecule has 0 saturated heterocycles. The number of fused-ring (bicyclic) bond motifs is 15. The molecule has 3 amide bonds. The highest BCUT2D eigenvalue weighted by Gasteiger charge is 2.52. The lowest BCUT2D eigenvalue weighted by atomic mass is 10.1. The van der Waals surface area contributed by atoms with Gasteiger partial charge >= 0.3 is 0 Å². The average Bonchev–Trinajstić information content (AvgIpc) is 1.59. The van der Waals surface area contributed by atoms with Crippen LogP contribution >= 0.6 is 0 Å². The van der Waals surface area contributed by atoms with Crippen LogP contribution in [0.3, 0.4) is 0 Å². The van der Waals surface area contributed by atoms with Gasteiger partial charge in [-0.15, -0.1) is 0 Å². The van der Waals surface area contributed by atoms with E-state index in [0.29, 0.717) is 48.9 Å². The Morgan fingerprint density at radius 2 is 0.827 bits per heavy atom. The fraction of sp³-hybridized carbons (Fsp3) is 0.241. The van der Waals surface area contributed by atoms with E-state index in [1.807, 2.05) is 167 Å². The molecule has 12 heterocycles. The van der Waals surface area contributed by atoms with Gasteiger partial charge in [-0.2, -0.15) is 5.10 Å². The molecule has 0 radical (unpaired) electrons. The van der Waals surface area contributed by atoms with Gasteiger partial charge in [-0.3, -0.25) is 39.1 Å². The topological polar surface area (TPSA) is 215 Å². The number of hydrogen-bond acceptors (Lipinski definition) is 16. The van der Waals surface area contributed by atoms with Gasteiger partial charge in [0.25, 0.3) is 17.7 Å². The predicted octanol–water partition coefficient (Wildman–Crippen LogP) is 15.1. The molecule has 6 aromatic heterocycles. The largest absolute Gasteiger partial charge is 0.341 e. The van der Waals surface area contributed by atoms with Crippen molar-refractivity contribution in [1.29, 1.82) is 0 Å². The first-order valence-electron chi connectivity index (χ1n) is 38.1. The zero-order chi connectivity index (χ0) is 74.1. The number of aromatic nitrogens is 8. The lowest BCUT2D eigenvalue weighted by Crippen LogP contribution is -2.51. The number of guanidine groups is 3. The van der Waals surface area contributed by atoms with Crippen molar-refractivity contribution >= 4 is 87.2 Å². The number of carbonyl (C=O) groups is 3. The van der Waals surface area contributed by atoms with Gasteiger partial charge in [-0.1, -0.05) is 121 Å². The summed E-state index contributed by atoms with van der Waals surface area (Å²) in [5, 5.41) is 15.0. The lowest BCUT2D eigenvalue weighted by molar-refractivity contribution is 0.0857. The van der Waals surface area contributed by atoms with Gasteiger partial charge in [0.2, 0.25) is 17.9 Å². The number of nitrogens with one attached hydrogen (secondary N) is 3. The molecule has 9 aliphatic rings. The maximum atomic E-state index is 13.7. The molecule has 6 atom stereocenters. The van der Waals surface area contributed by atoms with Crippen molar-refractivity contribution in [3.05, 3.63) is 277 Å². The quantitative estimate of drug-likeness (QED) is 0.0872. The summed E-state index contributed by atoms with van der Waals surface area (Å²) in [6.07, 6.45) is 24.9. The van der Waals surface area contributed by atoms with Gasteiger partial charge in [0.1, 0.15) is 41.2 Å². The molecular formula is C87H82N20O3. The van der Waals surface area contributed by atoms with Crippen molar-refractivity contribution in [3.63, 3.8) is 0 Å². The van der Waals surface area contributed by atoms with Gasteiger partial charge in [0.05, 0.1) is 70.3 Å². The van der Waals surface area contributed by atoms with Crippen molar-refractivity contribution < 1.29 is 14.4 Å². The zero-order valence-corrected chi connectivity index (χ0v) is 61.4. The highest BCUT2D eigenvalue weighted by Crippen LogP contribution is 2.49. The molecule has 21 rings (SSSR count). The third-order valence-electron chi connectivity index (χ3n) is 22.9. The third-order valence-corrected chi connectivity index (χ3v) is 22.9. The van der Waals surface area contributed by atoms with Crippen molar-refractivity contribution in [3.8, 4) is 28.1 Å². The Bertz CT molecular complexity index is 5450. The van der Waals surface area contributed by atoms with Gasteiger partial charge in [0.15, 0.2) is 0 Å². The Morgan fingerprint density at radius 3 is 1.30 bits per heavy atom. The predicted molar refractivity (Wildman–Crippen MR) is 431 cm³/mol. The molecule has 23 heteroatoms. The molecule has 0 unspecified atom stereocenters. The molecule has 6 aromatic carbocycles. The van der Waals surface area contributed by atoms with E-state index in [1.165, 1.54) is 25.6 Å². The van der Waals surface area contributed by atoms with Crippen LogP contribution in [0.1, 0.15) is 106 Å². The Labute approximate surface area is 637 Å². The molecular weight excluding hydrogens is 1370 g/mol. The molecule has 3 aliphatic carbocycles. The second-order valence-corrected chi connectivity index (χ2v) is 29.6. The lowest BCUT2D eigenvalue weighted by Gasteiger charge is -2.36. The van der Waals surface area contributed by atoms with Crippen LogP contribution in [0.4, 0.5) is 51.6 Å². The highest BCUT2D eigenvalue weighted by molar-refractivity contribution is 6.24. The maximum absolute atomic E-state index is 13.7. The molecule has 3 saturated carbocycles. The summed E-state index contributed by atoms with van der Waals surface area (Å²) in [4.78, 5) is 80.5. The summed E-state index contributed by atoms with van der Waals surface area (Å²) in [5.41, 5.74) is 16.6. The molecule has 110 heavy (non-hydrogen) atoms. The van der Waals surface area contributed by atoms with Crippen molar-refractivity contribution in [2.75, 3.05) is 51.8 Å². The summed E-state index contributed by atoms with van der Waals surface area (Å²) in [6.45, 7) is 1.89. The number of aliphatic imine (C=N–C) groups is 3. The van der Waals surface area contributed by atoms with E-state index >= 15 is 0 Å². The van der Waals surface area contributed by atoms with Crippen molar-refractivity contribution in [2.24, 2.45) is 15.0 Å². The number of nitrogens with zero attached hydrogens (tertiary/aromatic N) is 17. The number of anilines is 9. The number of para-hydroxylation sites is 3. The fourth-order valence-corrected chi connectivity index (χ4v) is 17.5. The van der Waals surface area contributed by atoms with Gasteiger partial charge in [-0.05, 0) is 158 Å². The van der Waals surface area contributed by atoms with Crippen molar-refractivity contribution in [1.82, 2.24) is 53.1 Å². The van der Waals surface area contributed by atoms with E-state index in [0.717, 1.165) is 158 Å². The number of hydrogen-bond donors (Lipinski definition) is 3. The van der Waals surface area contributed by atoms with E-state index in [2.05, 4.69) is 150 Å². The molecule has 0 spiro atoms. The first-order valence-corrected chi connectivity index (χ1v) is 38.1. The van der Waals surface area contributed by atoms with E-state index in [-0.39, 0.29) is 35.8 Å². The monoisotopic (exact) mass is 1450 g/mol. The first-order chi connectivity index (χ1) is 54.0. The van der Waals surface area contributed by atoms with E-state index < -0.39 is 0 Å². The number of benzene rings is 6.